The molecule has 118 valence electrons. The van der Waals surface area contributed by atoms with Gasteiger partial charge in [-0.15, -0.1) is 10.2 Å². The van der Waals surface area contributed by atoms with Gasteiger partial charge in [-0.25, -0.2) is 0 Å². The first-order valence-electron chi connectivity index (χ1n) is 7.71. The molecule has 0 amide bonds. The molecule has 1 aromatic carbocycles. The zero-order valence-electron chi connectivity index (χ0n) is 13.2. The van der Waals surface area contributed by atoms with E-state index in [4.69, 9.17) is 9.15 Å². The lowest BCUT2D eigenvalue weighted by atomic mass is 10.2. The lowest BCUT2D eigenvalue weighted by Gasteiger charge is -2.35. The van der Waals surface area contributed by atoms with Gasteiger partial charge in [0, 0.05) is 44.4 Å². The highest BCUT2D eigenvalue weighted by atomic mass is 16.5. The molecule has 0 saturated carbocycles. The summed E-state index contributed by atoms with van der Waals surface area (Å²) < 4.78 is 10.9. The smallest absolute Gasteiger partial charge is 0.230 e. The zero-order chi connectivity index (χ0) is 15.4. The summed E-state index contributed by atoms with van der Waals surface area (Å²) in [6.45, 7) is 6.70. The van der Waals surface area contributed by atoms with Crippen molar-refractivity contribution < 1.29 is 9.15 Å². The summed E-state index contributed by atoms with van der Waals surface area (Å²) in [4.78, 5) is 4.73. The van der Waals surface area contributed by atoms with Crippen LogP contribution in [0.2, 0.25) is 0 Å². The van der Waals surface area contributed by atoms with Gasteiger partial charge in [0.25, 0.3) is 0 Å². The van der Waals surface area contributed by atoms with Crippen molar-refractivity contribution in [3.63, 3.8) is 0 Å². The highest BCUT2D eigenvalue weighted by Gasteiger charge is 2.19. The molecule has 1 aliphatic rings. The molecule has 1 aromatic heterocycles. The van der Waals surface area contributed by atoms with Crippen LogP contribution in [0.4, 0.5) is 5.69 Å². The number of rotatable bonds is 5. The van der Waals surface area contributed by atoms with E-state index in [0.717, 1.165) is 44.9 Å². The van der Waals surface area contributed by atoms with Gasteiger partial charge < -0.3 is 14.1 Å². The van der Waals surface area contributed by atoms with Crippen LogP contribution in [-0.2, 0) is 13.0 Å². The number of benzene rings is 1. The van der Waals surface area contributed by atoms with Crippen LogP contribution in [0.3, 0.4) is 0 Å². The largest absolute Gasteiger partial charge is 0.497 e. The average molecular weight is 302 g/mol. The predicted molar refractivity (Wildman–Crippen MR) is 84.2 cm³/mol. The molecule has 1 aliphatic heterocycles. The zero-order valence-corrected chi connectivity index (χ0v) is 13.2. The molecule has 0 atom stereocenters. The first-order valence-corrected chi connectivity index (χ1v) is 7.71. The van der Waals surface area contributed by atoms with E-state index in [-0.39, 0.29) is 0 Å². The van der Waals surface area contributed by atoms with Crippen LogP contribution in [0.5, 0.6) is 5.75 Å². The van der Waals surface area contributed by atoms with Gasteiger partial charge in [0.05, 0.1) is 13.7 Å². The van der Waals surface area contributed by atoms with Crippen molar-refractivity contribution in [3.8, 4) is 5.75 Å². The molecule has 0 bridgehead atoms. The molecule has 0 radical (unpaired) electrons. The van der Waals surface area contributed by atoms with Gasteiger partial charge >= 0.3 is 0 Å². The van der Waals surface area contributed by atoms with Crippen molar-refractivity contribution >= 4 is 5.69 Å². The molecule has 2 heterocycles. The minimum Gasteiger partial charge on any atom is -0.497 e. The first kappa shape index (κ1) is 14.8. The fourth-order valence-corrected chi connectivity index (χ4v) is 2.66. The molecule has 0 N–H and O–H groups in total. The predicted octanol–water partition coefficient (Wildman–Crippen LogP) is 1.96. The monoisotopic (exact) mass is 302 g/mol. The van der Waals surface area contributed by atoms with Crippen LogP contribution in [0.25, 0.3) is 0 Å². The van der Waals surface area contributed by atoms with Crippen molar-refractivity contribution in [2.45, 2.75) is 19.9 Å². The molecule has 0 spiro atoms. The number of ether oxygens (including phenoxy) is 1. The number of aryl methyl sites for hydroxylation is 1. The van der Waals surface area contributed by atoms with Gasteiger partial charge in [-0.3, -0.25) is 4.90 Å². The molecule has 0 aliphatic carbocycles. The minimum atomic E-state index is 0.713. The fraction of sp³-hybridized carbons (Fsp3) is 0.500. The van der Waals surface area contributed by atoms with Crippen LogP contribution < -0.4 is 9.64 Å². The molecular weight excluding hydrogens is 280 g/mol. The number of nitrogens with zero attached hydrogens (tertiary/aromatic N) is 4. The Morgan fingerprint density at radius 2 is 1.91 bits per heavy atom. The summed E-state index contributed by atoms with van der Waals surface area (Å²) in [5.41, 5.74) is 1.21. The lowest BCUT2D eigenvalue weighted by molar-refractivity contribution is 0.224. The Hall–Kier alpha value is -2.08. The Labute approximate surface area is 130 Å². The molecule has 22 heavy (non-hydrogen) atoms. The molecule has 3 rings (SSSR count). The van der Waals surface area contributed by atoms with Crippen LogP contribution >= 0.6 is 0 Å². The summed E-state index contributed by atoms with van der Waals surface area (Å²) in [7, 11) is 1.70. The number of aromatic nitrogens is 2. The normalized spacial score (nSPS) is 16.0. The van der Waals surface area contributed by atoms with Crippen LogP contribution in [0.1, 0.15) is 18.7 Å². The molecule has 6 heteroatoms. The summed E-state index contributed by atoms with van der Waals surface area (Å²) >= 11 is 0. The fourth-order valence-electron chi connectivity index (χ4n) is 2.66. The van der Waals surface area contributed by atoms with E-state index in [1.165, 1.54) is 5.69 Å². The average Bonchev–Trinajstić information content (AvgIpc) is 3.03. The van der Waals surface area contributed by atoms with E-state index in [1.54, 1.807) is 7.11 Å². The van der Waals surface area contributed by atoms with E-state index in [2.05, 4.69) is 32.1 Å². The standard InChI is InChI=1S/C16H22N4O2/c1-3-15-17-18-16(22-15)12-19-7-9-20(10-8-19)13-5-4-6-14(11-13)21-2/h4-6,11H,3,7-10,12H2,1-2H3. The Morgan fingerprint density at radius 1 is 1.14 bits per heavy atom. The van der Waals surface area contributed by atoms with E-state index in [0.29, 0.717) is 11.8 Å². The Balaban J connectivity index is 1.55. The molecule has 2 aromatic rings. The van der Waals surface area contributed by atoms with Crippen molar-refractivity contribution in [2.75, 3.05) is 38.2 Å². The molecule has 1 fully saturated rings. The third kappa shape index (κ3) is 3.39. The highest BCUT2D eigenvalue weighted by molar-refractivity contribution is 5.51. The van der Waals surface area contributed by atoms with Gasteiger partial charge in [-0.2, -0.15) is 0 Å². The van der Waals surface area contributed by atoms with E-state index in [9.17, 15) is 0 Å². The molecule has 6 nitrogen and oxygen atoms in total. The summed E-state index contributed by atoms with van der Waals surface area (Å²) in [5.74, 6) is 2.33. The van der Waals surface area contributed by atoms with Crippen molar-refractivity contribution in [2.24, 2.45) is 0 Å². The van der Waals surface area contributed by atoms with Gasteiger partial charge in [0.2, 0.25) is 11.8 Å². The Bertz CT molecular complexity index is 606. The third-order valence-corrected chi connectivity index (χ3v) is 3.96. The SMILES string of the molecule is CCc1nnc(CN2CCN(c3cccc(OC)c3)CC2)o1. The topological polar surface area (TPSA) is 54.6 Å². The van der Waals surface area contributed by atoms with Gasteiger partial charge in [-0.05, 0) is 12.1 Å². The van der Waals surface area contributed by atoms with Crippen molar-refractivity contribution in [3.05, 3.63) is 36.0 Å². The lowest BCUT2D eigenvalue weighted by Crippen LogP contribution is -2.46. The van der Waals surface area contributed by atoms with Gasteiger partial charge in [-0.1, -0.05) is 13.0 Å². The summed E-state index contributed by atoms with van der Waals surface area (Å²) in [6, 6.07) is 8.22. The number of hydrogen-bond acceptors (Lipinski definition) is 6. The van der Waals surface area contributed by atoms with Crippen LogP contribution in [-0.4, -0.2) is 48.4 Å². The van der Waals surface area contributed by atoms with Gasteiger partial charge in [0.1, 0.15) is 5.75 Å². The summed E-state index contributed by atoms with van der Waals surface area (Å²) in [6.07, 6.45) is 0.788. The third-order valence-electron chi connectivity index (χ3n) is 3.96. The second-order valence-electron chi connectivity index (χ2n) is 5.41. The van der Waals surface area contributed by atoms with Gasteiger partial charge in [0.15, 0.2) is 0 Å². The minimum absolute atomic E-state index is 0.713. The Morgan fingerprint density at radius 3 is 2.59 bits per heavy atom. The second kappa shape index (κ2) is 6.79. The Kier molecular flexibility index (Phi) is 4.58. The maximum absolute atomic E-state index is 5.58. The number of hydrogen-bond donors (Lipinski definition) is 0. The number of piperazine rings is 1. The van der Waals surface area contributed by atoms with Crippen LogP contribution in [0.15, 0.2) is 28.7 Å². The highest BCUT2D eigenvalue weighted by Crippen LogP contribution is 2.22. The maximum Gasteiger partial charge on any atom is 0.230 e. The van der Waals surface area contributed by atoms with E-state index >= 15 is 0 Å². The van der Waals surface area contributed by atoms with E-state index in [1.807, 2.05) is 19.1 Å². The maximum atomic E-state index is 5.58. The number of methoxy groups -OCH3 is 1. The molecule has 0 unspecified atom stereocenters. The number of anilines is 1. The second-order valence-corrected chi connectivity index (χ2v) is 5.41. The quantitative estimate of drug-likeness (QED) is 0.841. The van der Waals surface area contributed by atoms with E-state index < -0.39 is 0 Å². The van der Waals surface area contributed by atoms with Crippen molar-refractivity contribution in [1.29, 1.82) is 0 Å². The molecular formula is C16H22N4O2. The first-order chi connectivity index (χ1) is 10.8. The summed E-state index contributed by atoms with van der Waals surface area (Å²) in [5, 5.41) is 8.11. The van der Waals surface area contributed by atoms with Crippen LogP contribution in [0, 0.1) is 0 Å². The molecule has 1 saturated heterocycles. The van der Waals surface area contributed by atoms with Crippen molar-refractivity contribution in [1.82, 2.24) is 15.1 Å².